The van der Waals surface area contributed by atoms with Gasteiger partial charge in [0.15, 0.2) is 0 Å². The first kappa shape index (κ1) is 8.44. The molecule has 1 saturated carbocycles. The van der Waals surface area contributed by atoms with Crippen LogP contribution in [0.3, 0.4) is 0 Å². The van der Waals surface area contributed by atoms with Crippen LogP contribution in [0.1, 0.15) is 23.3 Å². The number of aromatic nitrogens is 2. The van der Waals surface area contributed by atoms with Gasteiger partial charge >= 0.3 is 0 Å². The summed E-state index contributed by atoms with van der Waals surface area (Å²) in [6.45, 7) is 0.578. The van der Waals surface area contributed by atoms with Crippen molar-refractivity contribution >= 4 is 5.91 Å². The van der Waals surface area contributed by atoms with Crippen LogP contribution in [0.25, 0.3) is 0 Å². The molecule has 0 unspecified atom stereocenters. The second-order valence-corrected chi connectivity index (χ2v) is 3.42. The molecule has 1 aliphatic carbocycles. The average molecular weight is 179 g/mol. The monoisotopic (exact) mass is 179 g/mol. The molecule has 1 aliphatic rings. The second-order valence-electron chi connectivity index (χ2n) is 3.42. The molecular formula is C9H13N3O. The maximum atomic E-state index is 11.5. The van der Waals surface area contributed by atoms with Crippen LogP contribution in [0.2, 0.25) is 0 Å². The van der Waals surface area contributed by atoms with Crippen LogP contribution in [0.15, 0.2) is 12.5 Å². The lowest BCUT2D eigenvalue weighted by atomic mass is 10.3. The minimum Gasteiger partial charge on any atom is -0.330 e. The zero-order valence-corrected chi connectivity index (χ0v) is 7.44. The van der Waals surface area contributed by atoms with E-state index in [1.165, 1.54) is 0 Å². The van der Waals surface area contributed by atoms with Gasteiger partial charge in [0.2, 0.25) is 5.91 Å². The van der Waals surface area contributed by atoms with E-state index in [0.29, 0.717) is 6.54 Å². The number of hydrogen-bond acceptors (Lipinski definition) is 3. The highest BCUT2D eigenvalue weighted by molar-refractivity contribution is 5.83. The molecule has 1 heterocycles. The lowest BCUT2D eigenvalue weighted by Gasteiger charge is -1.95. The lowest BCUT2D eigenvalue weighted by Crippen LogP contribution is -2.10. The van der Waals surface area contributed by atoms with Crippen LogP contribution in [-0.4, -0.2) is 22.0 Å². The van der Waals surface area contributed by atoms with E-state index >= 15 is 0 Å². The summed E-state index contributed by atoms with van der Waals surface area (Å²) in [6.07, 6.45) is 6.18. The summed E-state index contributed by atoms with van der Waals surface area (Å²) < 4.78 is 1.59. The first-order valence-corrected chi connectivity index (χ1v) is 4.58. The number of nitrogens with two attached hydrogens (primary N) is 1. The number of carbonyl (C=O) groups excluding carboxylic acids is 1. The van der Waals surface area contributed by atoms with Crippen molar-refractivity contribution in [2.45, 2.75) is 19.3 Å². The number of hydrogen-bond donors (Lipinski definition) is 1. The molecular weight excluding hydrogens is 166 g/mol. The van der Waals surface area contributed by atoms with Crippen molar-refractivity contribution in [1.29, 1.82) is 0 Å². The Bertz CT molecular complexity index is 314. The van der Waals surface area contributed by atoms with E-state index in [9.17, 15) is 4.79 Å². The Morgan fingerprint density at radius 3 is 3.08 bits per heavy atom. The normalized spacial score (nSPS) is 16.1. The highest BCUT2D eigenvalue weighted by atomic mass is 16.2. The Morgan fingerprint density at radius 1 is 1.69 bits per heavy atom. The molecule has 1 aromatic heterocycles. The fraction of sp³-hybridized carbons (Fsp3) is 0.556. The van der Waals surface area contributed by atoms with Gasteiger partial charge in [0.25, 0.3) is 0 Å². The topological polar surface area (TPSA) is 60.9 Å². The second kappa shape index (κ2) is 3.30. The van der Waals surface area contributed by atoms with Gasteiger partial charge in [-0.2, -0.15) is 0 Å². The molecule has 4 heteroatoms. The van der Waals surface area contributed by atoms with Gasteiger partial charge in [-0.25, -0.2) is 4.98 Å². The van der Waals surface area contributed by atoms with E-state index in [1.54, 1.807) is 17.1 Å². The zero-order valence-electron chi connectivity index (χ0n) is 7.44. The summed E-state index contributed by atoms with van der Waals surface area (Å²) in [5.74, 6) is 0.427. The van der Waals surface area contributed by atoms with Crippen molar-refractivity contribution in [3.63, 3.8) is 0 Å². The Kier molecular flexibility index (Phi) is 2.14. The lowest BCUT2D eigenvalue weighted by molar-refractivity contribution is 0.0886. The van der Waals surface area contributed by atoms with Gasteiger partial charge in [-0.1, -0.05) is 0 Å². The van der Waals surface area contributed by atoms with E-state index in [1.807, 2.05) is 0 Å². The van der Waals surface area contributed by atoms with Crippen LogP contribution in [0.5, 0.6) is 0 Å². The molecule has 0 spiro atoms. The predicted molar refractivity (Wildman–Crippen MR) is 48.3 cm³/mol. The molecule has 0 atom stereocenters. The minimum absolute atomic E-state index is 0.177. The summed E-state index contributed by atoms with van der Waals surface area (Å²) >= 11 is 0. The predicted octanol–water partition coefficient (Wildman–Crippen LogP) is 0.434. The third kappa shape index (κ3) is 1.78. The van der Waals surface area contributed by atoms with Crippen molar-refractivity contribution < 1.29 is 4.79 Å². The smallest absolute Gasteiger partial charge is 0.234 e. The van der Waals surface area contributed by atoms with Gasteiger partial charge in [0.1, 0.15) is 6.33 Å². The minimum atomic E-state index is 0.177. The van der Waals surface area contributed by atoms with Crippen LogP contribution < -0.4 is 5.73 Å². The molecule has 0 aromatic carbocycles. The Labute approximate surface area is 76.8 Å². The van der Waals surface area contributed by atoms with E-state index in [4.69, 9.17) is 5.73 Å². The molecule has 4 nitrogen and oxygen atoms in total. The van der Waals surface area contributed by atoms with Crippen LogP contribution in [0.4, 0.5) is 0 Å². The summed E-state index contributed by atoms with van der Waals surface area (Å²) in [4.78, 5) is 15.6. The molecule has 0 aliphatic heterocycles. The first-order chi connectivity index (χ1) is 6.31. The molecule has 2 rings (SSSR count). The maximum absolute atomic E-state index is 11.5. The average Bonchev–Trinajstić information content (AvgIpc) is 2.87. The number of nitrogens with zero attached hydrogens (tertiary/aromatic N) is 2. The summed E-state index contributed by atoms with van der Waals surface area (Å²) in [6, 6.07) is 0. The summed E-state index contributed by atoms with van der Waals surface area (Å²) in [7, 11) is 0. The van der Waals surface area contributed by atoms with Crippen molar-refractivity contribution in [3.05, 3.63) is 18.2 Å². The largest absolute Gasteiger partial charge is 0.330 e. The van der Waals surface area contributed by atoms with Crippen molar-refractivity contribution in [3.8, 4) is 0 Å². The van der Waals surface area contributed by atoms with E-state index < -0.39 is 0 Å². The molecule has 1 fully saturated rings. The summed E-state index contributed by atoms with van der Waals surface area (Å²) in [5.41, 5.74) is 6.28. The van der Waals surface area contributed by atoms with Gasteiger partial charge in [0, 0.05) is 18.5 Å². The first-order valence-electron chi connectivity index (χ1n) is 4.58. The molecule has 70 valence electrons. The van der Waals surface area contributed by atoms with Crippen molar-refractivity contribution in [2.75, 3.05) is 6.54 Å². The summed E-state index contributed by atoms with van der Waals surface area (Å²) in [5, 5.41) is 0. The van der Waals surface area contributed by atoms with Crippen LogP contribution in [-0.2, 0) is 6.42 Å². The molecule has 0 bridgehead atoms. The Hall–Kier alpha value is -1.16. The van der Waals surface area contributed by atoms with Gasteiger partial charge in [0.05, 0.1) is 5.69 Å². The van der Waals surface area contributed by atoms with E-state index in [-0.39, 0.29) is 11.8 Å². The zero-order chi connectivity index (χ0) is 9.26. The van der Waals surface area contributed by atoms with Gasteiger partial charge in [-0.05, 0) is 19.4 Å². The van der Waals surface area contributed by atoms with Crippen molar-refractivity contribution in [1.82, 2.24) is 9.55 Å². The highest BCUT2D eigenvalue weighted by Crippen LogP contribution is 2.30. The molecule has 2 N–H and O–H groups in total. The quantitative estimate of drug-likeness (QED) is 0.732. The maximum Gasteiger partial charge on any atom is 0.234 e. The van der Waals surface area contributed by atoms with Gasteiger partial charge in [-0.15, -0.1) is 0 Å². The van der Waals surface area contributed by atoms with Gasteiger partial charge < -0.3 is 5.73 Å². The third-order valence-corrected chi connectivity index (χ3v) is 2.22. The number of carbonyl (C=O) groups is 1. The fourth-order valence-electron chi connectivity index (χ4n) is 1.30. The molecule has 0 radical (unpaired) electrons. The van der Waals surface area contributed by atoms with Crippen LogP contribution >= 0.6 is 0 Å². The van der Waals surface area contributed by atoms with Crippen LogP contribution in [0, 0.1) is 5.92 Å². The standard InChI is InChI=1S/C9H13N3O/c10-4-3-8-5-12(6-11-8)9(13)7-1-2-7/h5-7H,1-4,10H2. The number of rotatable bonds is 3. The Morgan fingerprint density at radius 2 is 2.46 bits per heavy atom. The van der Waals surface area contributed by atoms with Gasteiger partial charge in [-0.3, -0.25) is 9.36 Å². The number of imidazole rings is 1. The molecule has 0 amide bonds. The third-order valence-electron chi connectivity index (χ3n) is 2.22. The van der Waals surface area contributed by atoms with E-state index in [0.717, 1.165) is 25.0 Å². The van der Waals surface area contributed by atoms with Crippen molar-refractivity contribution in [2.24, 2.45) is 11.7 Å². The fourth-order valence-corrected chi connectivity index (χ4v) is 1.30. The molecule has 13 heavy (non-hydrogen) atoms. The molecule has 0 saturated heterocycles. The Balaban J connectivity index is 2.07. The SMILES string of the molecule is NCCc1cn(C(=O)C2CC2)cn1. The molecule has 1 aromatic rings. The van der Waals surface area contributed by atoms with E-state index in [2.05, 4.69) is 4.98 Å². The highest BCUT2D eigenvalue weighted by Gasteiger charge is 2.30.